The van der Waals surface area contributed by atoms with E-state index >= 15 is 0 Å². The molecule has 0 aliphatic carbocycles. The molecule has 0 atom stereocenters. The lowest BCUT2D eigenvalue weighted by molar-refractivity contribution is 0.0957. The van der Waals surface area contributed by atoms with Gasteiger partial charge in [-0.1, -0.05) is 72.8 Å². The molecular weight excluding hydrogens is 500 g/mol. The summed E-state index contributed by atoms with van der Waals surface area (Å²) in [6.45, 7) is 3.34. The predicted octanol–water partition coefficient (Wildman–Crippen LogP) is 7.16. The molecule has 200 valence electrons. The summed E-state index contributed by atoms with van der Waals surface area (Å²) >= 11 is 0. The Labute approximate surface area is 233 Å². The molecule has 1 amide bonds. The van der Waals surface area contributed by atoms with E-state index in [0.717, 1.165) is 33.2 Å². The standard InChI is InChI=1S/C34H30N2O4/c1-2-38-33-21-27(17-20-32(33)40-23-26-9-4-3-5-10-26)24-39-29-18-15-25(16-19-29)22-35-36-34(37)31-14-8-12-28-11-6-7-13-30(28)31/h3-22H,2,23-24H2,1H3,(H,36,37)/b35-22+. The number of fused-ring (bicyclic) bond motifs is 1. The van der Waals surface area contributed by atoms with Crippen molar-refractivity contribution in [3.63, 3.8) is 0 Å². The van der Waals surface area contributed by atoms with Crippen LogP contribution < -0.4 is 19.6 Å². The van der Waals surface area contributed by atoms with Crippen LogP contribution in [-0.2, 0) is 13.2 Å². The molecule has 0 unspecified atom stereocenters. The molecule has 0 aliphatic heterocycles. The van der Waals surface area contributed by atoms with Gasteiger partial charge in [-0.05, 0) is 76.9 Å². The van der Waals surface area contributed by atoms with E-state index in [1.807, 2.05) is 116 Å². The molecule has 5 aromatic rings. The third-order valence-corrected chi connectivity index (χ3v) is 6.24. The first-order valence-corrected chi connectivity index (χ1v) is 13.2. The van der Waals surface area contributed by atoms with Crippen molar-refractivity contribution in [2.24, 2.45) is 5.10 Å². The van der Waals surface area contributed by atoms with Crippen molar-refractivity contribution >= 4 is 22.9 Å². The van der Waals surface area contributed by atoms with E-state index in [9.17, 15) is 4.79 Å². The minimum absolute atomic E-state index is 0.254. The number of amides is 1. The van der Waals surface area contributed by atoms with Crippen LogP contribution in [0.1, 0.15) is 34.0 Å². The lowest BCUT2D eigenvalue weighted by atomic mass is 10.0. The smallest absolute Gasteiger partial charge is 0.271 e. The highest BCUT2D eigenvalue weighted by molar-refractivity contribution is 6.07. The summed E-state index contributed by atoms with van der Waals surface area (Å²) in [6.07, 6.45) is 1.61. The van der Waals surface area contributed by atoms with Crippen molar-refractivity contribution < 1.29 is 19.0 Å². The predicted molar refractivity (Wildman–Crippen MR) is 158 cm³/mol. The molecule has 6 nitrogen and oxygen atoms in total. The van der Waals surface area contributed by atoms with Gasteiger partial charge < -0.3 is 14.2 Å². The lowest BCUT2D eigenvalue weighted by Gasteiger charge is -2.14. The highest BCUT2D eigenvalue weighted by Crippen LogP contribution is 2.30. The van der Waals surface area contributed by atoms with Crippen molar-refractivity contribution in [2.45, 2.75) is 20.1 Å². The number of carbonyl (C=O) groups excluding carboxylic acids is 1. The van der Waals surface area contributed by atoms with Crippen molar-refractivity contribution in [3.05, 3.63) is 138 Å². The molecule has 6 heteroatoms. The number of carbonyl (C=O) groups is 1. The Bertz CT molecular complexity index is 1590. The zero-order valence-corrected chi connectivity index (χ0v) is 22.2. The lowest BCUT2D eigenvalue weighted by Crippen LogP contribution is -2.17. The third kappa shape index (κ3) is 6.85. The van der Waals surface area contributed by atoms with Crippen molar-refractivity contribution in [2.75, 3.05) is 6.61 Å². The maximum atomic E-state index is 12.6. The molecule has 40 heavy (non-hydrogen) atoms. The topological polar surface area (TPSA) is 69.2 Å². The molecule has 5 rings (SSSR count). The summed E-state index contributed by atoms with van der Waals surface area (Å²) in [7, 11) is 0. The molecule has 0 fully saturated rings. The van der Waals surface area contributed by atoms with E-state index < -0.39 is 0 Å². The number of nitrogens with zero attached hydrogens (tertiary/aromatic N) is 1. The molecule has 0 aliphatic rings. The van der Waals surface area contributed by atoms with Crippen molar-refractivity contribution in [3.8, 4) is 17.2 Å². The van der Waals surface area contributed by atoms with E-state index in [0.29, 0.717) is 36.9 Å². The number of hydrogen-bond acceptors (Lipinski definition) is 5. The number of benzene rings is 5. The van der Waals surface area contributed by atoms with Gasteiger partial charge in [-0.25, -0.2) is 5.43 Å². The summed E-state index contributed by atoms with van der Waals surface area (Å²) in [5.41, 5.74) is 6.10. The van der Waals surface area contributed by atoms with Gasteiger partial charge in [-0.3, -0.25) is 4.79 Å². The number of hydrogen-bond donors (Lipinski definition) is 1. The Morgan fingerprint density at radius 2 is 1.48 bits per heavy atom. The molecule has 0 aromatic heterocycles. The second-order valence-corrected chi connectivity index (χ2v) is 9.07. The van der Waals surface area contributed by atoms with E-state index in [1.165, 1.54) is 0 Å². The number of nitrogens with one attached hydrogen (secondary N) is 1. The van der Waals surface area contributed by atoms with Gasteiger partial charge in [0.25, 0.3) is 5.91 Å². The van der Waals surface area contributed by atoms with Gasteiger partial charge in [-0.15, -0.1) is 0 Å². The summed E-state index contributed by atoms with van der Waals surface area (Å²) in [5, 5.41) is 6.03. The van der Waals surface area contributed by atoms with E-state index in [2.05, 4.69) is 10.5 Å². The minimum Gasteiger partial charge on any atom is -0.490 e. The first-order chi connectivity index (χ1) is 19.7. The highest BCUT2D eigenvalue weighted by atomic mass is 16.5. The summed E-state index contributed by atoms with van der Waals surface area (Å²) in [6, 6.07) is 36.8. The molecule has 0 saturated heterocycles. The molecule has 0 spiro atoms. The molecule has 0 bridgehead atoms. The SMILES string of the molecule is CCOc1cc(COc2ccc(/C=N/NC(=O)c3cccc4ccccc34)cc2)ccc1OCc1ccccc1. The molecule has 1 N–H and O–H groups in total. The van der Waals surface area contributed by atoms with Gasteiger partial charge in [0, 0.05) is 5.56 Å². The average Bonchev–Trinajstić information content (AvgIpc) is 3.00. The van der Waals surface area contributed by atoms with Crippen LogP contribution in [0.25, 0.3) is 10.8 Å². The van der Waals surface area contributed by atoms with Crippen LogP contribution in [0.15, 0.2) is 120 Å². The van der Waals surface area contributed by atoms with Crippen LogP contribution in [0.5, 0.6) is 17.2 Å². The van der Waals surface area contributed by atoms with E-state index in [-0.39, 0.29) is 5.91 Å². The fraction of sp³-hybridized carbons (Fsp3) is 0.118. The first-order valence-electron chi connectivity index (χ1n) is 13.2. The molecule has 0 radical (unpaired) electrons. The summed E-state index contributed by atoms with van der Waals surface area (Å²) < 4.78 is 17.8. The van der Waals surface area contributed by atoms with Crippen LogP contribution in [-0.4, -0.2) is 18.7 Å². The van der Waals surface area contributed by atoms with Gasteiger partial charge >= 0.3 is 0 Å². The van der Waals surface area contributed by atoms with Crippen LogP contribution >= 0.6 is 0 Å². The third-order valence-electron chi connectivity index (χ3n) is 6.24. The highest BCUT2D eigenvalue weighted by Gasteiger charge is 2.09. The largest absolute Gasteiger partial charge is 0.490 e. The van der Waals surface area contributed by atoms with Gasteiger partial charge in [0.1, 0.15) is 19.0 Å². The van der Waals surface area contributed by atoms with Gasteiger partial charge in [0.15, 0.2) is 11.5 Å². The van der Waals surface area contributed by atoms with Crippen LogP contribution in [0, 0.1) is 0 Å². The maximum Gasteiger partial charge on any atom is 0.271 e. The molecule has 0 saturated carbocycles. The Morgan fingerprint density at radius 1 is 0.725 bits per heavy atom. The molecule has 5 aromatic carbocycles. The first kappa shape index (κ1) is 26.5. The summed E-state index contributed by atoms with van der Waals surface area (Å²) in [4.78, 5) is 12.6. The monoisotopic (exact) mass is 530 g/mol. The van der Waals surface area contributed by atoms with Gasteiger partial charge in [0.2, 0.25) is 0 Å². The quantitative estimate of drug-likeness (QED) is 0.145. The van der Waals surface area contributed by atoms with Crippen LogP contribution in [0.4, 0.5) is 0 Å². The number of ether oxygens (including phenoxy) is 3. The fourth-order valence-corrected chi connectivity index (χ4v) is 4.23. The zero-order chi connectivity index (χ0) is 27.6. The summed E-state index contributed by atoms with van der Waals surface area (Å²) in [5.74, 6) is 1.86. The average molecular weight is 531 g/mol. The van der Waals surface area contributed by atoms with E-state index in [4.69, 9.17) is 14.2 Å². The Kier molecular flexibility index (Phi) is 8.69. The Morgan fingerprint density at radius 3 is 2.30 bits per heavy atom. The van der Waals surface area contributed by atoms with E-state index in [1.54, 1.807) is 12.3 Å². The maximum absolute atomic E-state index is 12.6. The number of hydrazone groups is 1. The second-order valence-electron chi connectivity index (χ2n) is 9.07. The second kappa shape index (κ2) is 13.1. The van der Waals surface area contributed by atoms with Gasteiger partial charge in [0.05, 0.1) is 12.8 Å². The fourth-order valence-electron chi connectivity index (χ4n) is 4.23. The zero-order valence-electron chi connectivity index (χ0n) is 22.2. The normalized spacial score (nSPS) is 10.9. The minimum atomic E-state index is -0.254. The number of rotatable bonds is 11. The van der Waals surface area contributed by atoms with Crippen molar-refractivity contribution in [1.29, 1.82) is 0 Å². The van der Waals surface area contributed by atoms with Gasteiger partial charge in [-0.2, -0.15) is 5.10 Å². The molecule has 0 heterocycles. The van der Waals surface area contributed by atoms with Crippen LogP contribution in [0.3, 0.4) is 0 Å². The van der Waals surface area contributed by atoms with Crippen molar-refractivity contribution in [1.82, 2.24) is 5.43 Å². The molecular formula is C34H30N2O4. The Balaban J connectivity index is 1.15. The van der Waals surface area contributed by atoms with Crippen LogP contribution in [0.2, 0.25) is 0 Å². The Hall–Kier alpha value is -5.10.